The van der Waals surface area contributed by atoms with Crippen molar-refractivity contribution in [2.45, 2.75) is 44.6 Å². The van der Waals surface area contributed by atoms with Crippen molar-refractivity contribution in [3.05, 3.63) is 29.8 Å². The van der Waals surface area contributed by atoms with Gasteiger partial charge in [0.1, 0.15) is 0 Å². The highest BCUT2D eigenvalue weighted by molar-refractivity contribution is 5.97. The quantitative estimate of drug-likeness (QED) is 0.805. The number of Topliss-reactive ketones (excluding diaryl/α,β-unsaturated/α-hetero) is 1. The summed E-state index contributed by atoms with van der Waals surface area (Å²) in [5, 5.41) is 0. The van der Waals surface area contributed by atoms with Crippen LogP contribution in [-0.2, 0) is 14.3 Å². The Bertz CT molecular complexity index is 593. The van der Waals surface area contributed by atoms with Gasteiger partial charge in [-0.2, -0.15) is 0 Å². The van der Waals surface area contributed by atoms with Crippen LogP contribution in [0.15, 0.2) is 24.3 Å². The number of amides is 1. The van der Waals surface area contributed by atoms with Gasteiger partial charge in [0.2, 0.25) is 5.91 Å². The van der Waals surface area contributed by atoms with Crippen molar-refractivity contribution < 1.29 is 19.1 Å². The molecule has 1 aromatic carbocycles. The van der Waals surface area contributed by atoms with Crippen molar-refractivity contribution in [3.63, 3.8) is 0 Å². The van der Waals surface area contributed by atoms with Crippen molar-refractivity contribution in [2.75, 3.05) is 11.4 Å². The maximum atomic E-state index is 12.1. The average molecular weight is 301 g/mol. The summed E-state index contributed by atoms with van der Waals surface area (Å²) < 4.78 is 5.31. The normalized spacial score (nSPS) is 22.0. The highest BCUT2D eigenvalue weighted by Crippen LogP contribution is 2.23. The first kappa shape index (κ1) is 14.8. The van der Waals surface area contributed by atoms with E-state index in [1.54, 1.807) is 29.2 Å². The van der Waals surface area contributed by atoms with Crippen LogP contribution in [0.5, 0.6) is 0 Å². The predicted octanol–water partition coefficient (Wildman–Crippen LogP) is 2.48. The van der Waals surface area contributed by atoms with Gasteiger partial charge in [-0.3, -0.25) is 9.59 Å². The molecule has 3 rings (SSSR count). The Kier molecular flexibility index (Phi) is 4.22. The standard InChI is InChI=1S/C17H19NO4/c19-14-4-1-2-5-15(14)22-17(21)12-7-9-13(10-8-12)18-11-3-6-16(18)20/h7-10,15H,1-6,11H2/t15-/m1/s1. The second-order valence-electron chi connectivity index (χ2n) is 5.80. The Morgan fingerprint density at radius 2 is 1.82 bits per heavy atom. The molecule has 2 fully saturated rings. The van der Waals surface area contributed by atoms with Crippen LogP contribution in [-0.4, -0.2) is 30.3 Å². The van der Waals surface area contributed by atoms with Crippen LogP contribution in [0.3, 0.4) is 0 Å². The Labute approximate surface area is 129 Å². The lowest BCUT2D eigenvalue weighted by atomic mass is 9.96. The molecule has 1 amide bonds. The molecule has 0 spiro atoms. The number of ketones is 1. The lowest BCUT2D eigenvalue weighted by Crippen LogP contribution is -2.30. The van der Waals surface area contributed by atoms with E-state index in [0.29, 0.717) is 24.8 Å². The summed E-state index contributed by atoms with van der Waals surface area (Å²) in [6.07, 6.45) is 3.76. The summed E-state index contributed by atoms with van der Waals surface area (Å²) in [5.41, 5.74) is 1.21. The van der Waals surface area contributed by atoms with Gasteiger partial charge in [0, 0.05) is 25.1 Å². The first-order valence-corrected chi connectivity index (χ1v) is 7.79. The Hall–Kier alpha value is -2.17. The number of hydrogen-bond acceptors (Lipinski definition) is 4. The van der Waals surface area contributed by atoms with Crippen molar-refractivity contribution in [1.29, 1.82) is 0 Å². The molecule has 5 nitrogen and oxygen atoms in total. The second kappa shape index (κ2) is 6.30. The van der Waals surface area contributed by atoms with Crippen LogP contribution in [0.2, 0.25) is 0 Å². The lowest BCUT2D eigenvalue weighted by Gasteiger charge is -2.21. The van der Waals surface area contributed by atoms with Crippen LogP contribution in [0, 0.1) is 0 Å². The van der Waals surface area contributed by atoms with Crippen LogP contribution in [0.1, 0.15) is 48.9 Å². The molecular weight excluding hydrogens is 282 g/mol. The van der Waals surface area contributed by atoms with Gasteiger partial charge in [-0.1, -0.05) is 0 Å². The molecule has 1 aliphatic carbocycles. The number of carbonyl (C=O) groups excluding carboxylic acids is 3. The summed E-state index contributed by atoms with van der Waals surface area (Å²) in [4.78, 5) is 37.2. The summed E-state index contributed by atoms with van der Waals surface area (Å²) in [5.74, 6) is -0.346. The SMILES string of the molecule is O=C(O[C@@H]1CCCCC1=O)c1ccc(N2CCCC2=O)cc1. The molecule has 0 aromatic heterocycles. The first-order chi connectivity index (χ1) is 10.6. The molecule has 0 N–H and O–H groups in total. The van der Waals surface area contributed by atoms with Crippen LogP contribution < -0.4 is 4.90 Å². The number of anilines is 1. The summed E-state index contributed by atoms with van der Waals surface area (Å²) in [7, 11) is 0. The van der Waals surface area contributed by atoms with Crippen LogP contribution in [0.4, 0.5) is 5.69 Å². The minimum Gasteiger partial charge on any atom is -0.451 e. The summed E-state index contributed by atoms with van der Waals surface area (Å²) in [6.45, 7) is 0.721. The average Bonchev–Trinajstić information content (AvgIpc) is 2.96. The Morgan fingerprint density at radius 3 is 2.45 bits per heavy atom. The summed E-state index contributed by atoms with van der Waals surface area (Å²) in [6, 6.07) is 6.80. The minimum absolute atomic E-state index is 0.0129. The second-order valence-corrected chi connectivity index (χ2v) is 5.80. The van der Waals surface area contributed by atoms with Gasteiger partial charge in [-0.05, 0) is 49.9 Å². The predicted molar refractivity (Wildman–Crippen MR) is 80.7 cm³/mol. The highest BCUT2D eigenvalue weighted by atomic mass is 16.5. The first-order valence-electron chi connectivity index (χ1n) is 7.79. The molecule has 1 aliphatic heterocycles. The molecule has 0 radical (unpaired) electrons. The van der Waals surface area contributed by atoms with Gasteiger partial charge in [0.05, 0.1) is 5.56 Å². The van der Waals surface area contributed by atoms with E-state index in [0.717, 1.165) is 31.5 Å². The van der Waals surface area contributed by atoms with Gasteiger partial charge < -0.3 is 9.64 Å². The fourth-order valence-corrected chi connectivity index (χ4v) is 2.97. The van der Waals surface area contributed by atoms with E-state index in [-0.39, 0.29) is 11.7 Å². The maximum absolute atomic E-state index is 12.1. The molecule has 1 saturated heterocycles. The van der Waals surface area contributed by atoms with Gasteiger partial charge in [0.15, 0.2) is 11.9 Å². The zero-order valence-electron chi connectivity index (χ0n) is 12.4. The fraction of sp³-hybridized carbons (Fsp3) is 0.471. The summed E-state index contributed by atoms with van der Waals surface area (Å²) >= 11 is 0. The largest absolute Gasteiger partial charge is 0.451 e. The van der Waals surface area contributed by atoms with Crippen molar-refractivity contribution in [3.8, 4) is 0 Å². The molecule has 1 heterocycles. The van der Waals surface area contributed by atoms with Crippen molar-refractivity contribution in [2.24, 2.45) is 0 Å². The molecule has 1 atom stereocenters. The third-order valence-electron chi connectivity index (χ3n) is 4.24. The van der Waals surface area contributed by atoms with Crippen molar-refractivity contribution >= 4 is 23.3 Å². The van der Waals surface area contributed by atoms with Crippen LogP contribution >= 0.6 is 0 Å². The number of benzene rings is 1. The topological polar surface area (TPSA) is 63.7 Å². The third kappa shape index (κ3) is 3.03. The fourth-order valence-electron chi connectivity index (χ4n) is 2.97. The number of carbonyl (C=O) groups is 3. The van der Waals surface area contributed by atoms with E-state index in [1.807, 2.05) is 0 Å². The van der Waals surface area contributed by atoms with E-state index in [2.05, 4.69) is 0 Å². The molecule has 2 aliphatic rings. The van der Waals surface area contributed by atoms with Crippen LogP contribution in [0.25, 0.3) is 0 Å². The smallest absolute Gasteiger partial charge is 0.338 e. The maximum Gasteiger partial charge on any atom is 0.338 e. The molecule has 0 bridgehead atoms. The third-order valence-corrected chi connectivity index (χ3v) is 4.24. The van der Waals surface area contributed by atoms with Gasteiger partial charge >= 0.3 is 5.97 Å². The van der Waals surface area contributed by atoms with E-state index < -0.39 is 12.1 Å². The zero-order valence-corrected chi connectivity index (χ0v) is 12.4. The minimum atomic E-state index is -0.596. The Morgan fingerprint density at radius 1 is 1.05 bits per heavy atom. The lowest BCUT2D eigenvalue weighted by molar-refractivity contribution is -0.129. The van der Waals surface area contributed by atoms with Gasteiger partial charge in [-0.25, -0.2) is 4.79 Å². The molecule has 1 saturated carbocycles. The molecule has 22 heavy (non-hydrogen) atoms. The molecular formula is C17H19NO4. The van der Waals surface area contributed by atoms with Crippen molar-refractivity contribution in [1.82, 2.24) is 0 Å². The van der Waals surface area contributed by atoms with Gasteiger partial charge in [0.25, 0.3) is 0 Å². The molecule has 116 valence electrons. The number of ether oxygens (including phenoxy) is 1. The van der Waals surface area contributed by atoms with E-state index >= 15 is 0 Å². The van der Waals surface area contributed by atoms with E-state index in [4.69, 9.17) is 4.74 Å². The number of hydrogen-bond donors (Lipinski definition) is 0. The van der Waals surface area contributed by atoms with E-state index in [9.17, 15) is 14.4 Å². The Balaban J connectivity index is 1.65. The number of rotatable bonds is 3. The zero-order chi connectivity index (χ0) is 15.5. The highest BCUT2D eigenvalue weighted by Gasteiger charge is 2.26. The monoisotopic (exact) mass is 301 g/mol. The van der Waals surface area contributed by atoms with E-state index in [1.165, 1.54) is 0 Å². The molecule has 1 aromatic rings. The number of nitrogens with zero attached hydrogens (tertiary/aromatic N) is 1. The number of esters is 1. The van der Waals surface area contributed by atoms with Gasteiger partial charge in [-0.15, -0.1) is 0 Å². The molecule has 5 heteroatoms. The molecule has 0 unspecified atom stereocenters.